The quantitative estimate of drug-likeness (QED) is 0.814. The second-order valence-corrected chi connectivity index (χ2v) is 4.33. The maximum absolute atomic E-state index is 12.4. The first-order valence-electron chi connectivity index (χ1n) is 5.26. The second kappa shape index (κ2) is 6.26. The van der Waals surface area contributed by atoms with Crippen molar-refractivity contribution in [1.29, 1.82) is 0 Å². The van der Waals surface area contributed by atoms with Gasteiger partial charge in [-0.15, -0.1) is 0 Å². The molecule has 6 heteroatoms. The molecule has 2 N–H and O–H groups in total. The molecule has 0 saturated carbocycles. The minimum absolute atomic E-state index is 0.420. The van der Waals surface area contributed by atoms with Crippen LogP contribution >= 0.6 is 15.9 Å². The molecule has 0 heterocycles. The summed E-state index contributed by atoms with van der Waals surface area (Å²) in [7, 11) is 0. The van der Waals surface area contributed by atoms with Gasteiger partial charge in [-0.3, -0.25) is 0 Å². The Kier molecular flexibility index (Phi) is 5.27. The number of likely N-dealkylation sites (N-methyl/N-ethyl adjacent to an activating group) is 1. The summed E-state index contributed by atoms with van der Waals surface area (Å²) in [5.74, 6) is 0. The third-order valence-corrected chi connectivity index (χ3v) is 2.82. The molecule has 2 nitrogen and oxygen atoms in total. The van der Waals surface area contributed by atoms with E-state index in [2.05, 4.69) is 26.6 Å². The van der Waals surface area contributed by atoms with Gasteiger partial charge in [0.15, 0.2) is 0 Å². The van der Waals surface area contributed by atoms with E-state index in [0.29, 0.717) is 16.7 Å². The molecular weight excluding hydrogens is 297 g/mol. The molecule has 1 aromatic carbocycles. The summed E-state index contributed by atoms with van der Waals surface area (Å²) in [6.07, 6.45) is -4.30. The Labute approximate surface area is 107 Å². The monoisotopic (exact) mass is 310 g/mol. The van der Waals surface area contributed by atoms with Crippen molar-refractivity contribution >= 4 is 21.6 Å². The number of benzene rings is 1. The third kappa shape index (κ3) is 4.55. The van der Waals surface area contributed by atoms with Crippen molar-refractivity contribution in [2.24, 2.45) is 0 Å². The zero-order chi connectivity index (χ0) is 12.9. The van der Waals surface area contributed by atoms with E-state index in [0.717, 1.165) is 25.2 Å². The fourth-order valence-corrected chi connectivity index (χ4v) is 1.82. The lowest BCUT2D eigenvalue weighted by Gasteiger charge is -2.12. The molecule has 17 heavy (non-hydrogen) atoms. The summed E-state index contributed by atoms with van der Waals surface area (Å²) in [5.41, 5.74) is 0.0116. The van der Waals surface area contributed by atoms with Crippen molar-refractivity contribution in [3.63, 3.8) is 0 Å². The molecule has 1 aromatic rings. The predicted octanol–water partition coefficient (Wildman–Crippen LogP) is 3.49. The highest BCUT2D eigenvalue weighted by atomic mass is 79.9. The Morgan fingerprint density at radius 2 is 1.94 bits per heavy atom. The van der Waals surface area contributed by atoms with E-state index in [9.17, 15) is 13.2 Å². The van der Waals surface area contributed by atoms with E-state index < -0.39 is 11.7 Å². The number of rotatable bonds is 5. The van der Waals surface area contributed by atoms with Crippen molar-refractivity contribution in [2.75, 3.05) is 25.0 Å². The molecule has 0 fully saturated rings. The van der Waals surface area contributed by atoms with Gasteiger partial charge in [-0.2, -0.15) is 13.2 Å². The average molecular weight is 311 g/mol. The van der Waals surface area contributed by atoms with Crippen LogP contribution in [-0.2, 0) is 6.18 Å². The first kappa shape index (κ1) is 14.3. The zero-order valence-electron chi connectivity index (χ0n) is 9.37. The van der Waals surface area contributed by atoms with E-state index in [1.54, 1.807) is 0 Å². The van der Waals surface area contributed by atoms with Crippen LogP contribution in [0.25, 0.3) is 0 Å². The molecule has 0 aliphatic rings. The molecular formula is C11H14BrF3N2. The Balaban J connectivity index is 2.64. The van der Waals surface area contributed by atoms with E-state index in [1.165, 1.54) is 6.07 Å². The minimum atomic E-state index is -4.30. The van der Waals surface area contributed by atoms with Crippen LogP contribution in [0.15, 0.2) is 22.7 Å². The molecule has 0 aliphatic carbocycles. The largest absolute Gasteiger partial charge is 0.416 e. The van der Waals surface area contributed by atoms with Crippen molar-refractivity contribution < 1.29 is 13.2 Å². The van der Waals surface area contributed by atoms with Crippen LogP contribution in [0.3, 0.4) is 0 Å². The van der Waals surface area contributed by atoms with Gasteiger partial charge in [0.25, 0.3) is 0 Å². The summed E-state index contributed by atoms with van der Waals surface area (Å²) < 4.78 is 37.6. The minimum Gasteiger partial charge on any atom is -0.383 e. The standard InChI is InChI=1S/C11H14BrF3N2/c1-2-16-5-6-17-10-4-3-8(7-9(10)12)11(13,14)15/h3-4,7,16-17H,2,5-6H2,1H3. The van der Waals surface area contributed by atoms with Gasteiger partial charge in [0, 0.05) is 23.2 Å². The Morgan fingerprint density at radius 1 is 1.24 bits per heavy atom. The molecule has 0 radical (unpaired) electrons. The number of anilines is 1. The maximum Gasteiger partial charge on any atom is 0.416 e. The number of halogens is 4. The Bertz CT molecular complexity index is 366. The molecule has 96 valence electrons. The van der Waals surface area contributed by atoms with Gasteiger partial charge in [-0.1, -0.05) is 6.92 Å². The molecule has 0 unspecified atom stereocenters. The molecule has 1 rings (SSSR count). The average Bonchev–Trinajstić information content (AvgIpc) is 2.24. The van der Waals surface area contributed by atoms with E-state index in [4.69, 9.17) is 0 Å². The van der Waals surface area contributed by atoms with E-state index in [1.807, 2.05) is 6.92 Å². The third-order valence-electron chi connectivity index (χ3n) is 2.16. The maximum atomic E-state index is 12.4. The van der Waals surface area contributed by atoms with Crippen molar-refractivity contribution in [2.45, 2.75) is 13.1 Å². The van der Waals surface area contributed by atoms with Crippen LogP contribution in [0.4, 0.5) is 18.9 Å². The summed E-state index contributed by atoms with van der Waals surface area (Å²) >= 11 is 3.13. The van der Waals surface area contributed by atoms with Gasteiger partial charge in [-0.25, -0.2) is 0 Å². The molecule has 0 spiro atoms. The molecule has 0 aromatic heterocycles. The Morgan fingerprint density at radius 3 is 2.47 bits per heavy atom. The SMILES string of the molecule is CCNCCNc1ccc(C(F)(F)F)cc1Br. The lowest BCUT2D eigenvalue weighted by Crippen LogP contribution is -2.21. The van der Waals surface area contributed by atoms with Crippen LogP contribution in [0, 0.1) is 0 Å². The van der Waals surface area contributed by atoms with Crippen molar-refractivity contribution in [1.82, 2.24) is 5.32 Å². The van der Waals surface area contributed by atoms with Crippen LogP contribution in [0.2, 0.25) is 0 Å². The van der Waals surface area contributed by atoms with Gasteiger partial charge < -0.3 is 10.6 Å². The first-order chi connectivity index (χ1) is 7.95. The summed E-state index contributed by atoms with van der Waals surface area (Å²) in [6.45, 7) is 4.30. The summed E-state index contributed by atoms with van der Waals surface area (Å²) in [5, 5.41) is 6.17. The fraction of sp³-hybridized carbons (Fsp3) is 0.455. The summed E-state index contributed by atoms with van der Waals surface area (Å²) in [6, 6.07) is 3.58. The molecule has 0 aliphatic heterocycles. The molecule has 0 atom stereocenters. The molecule has 0 saturated heterocycles. The first-order valence-corrected chi connectivity index (χ1v) is 6.05. The highest BCUT2D eigenvalue weighted by molar-refractivity contribution is 9.10. The van der Waals surface area contributed by atoms with Crippen molar-refractivity contribution in [3.05, 3.63) is 28.2 Å². The predicted molar refractivity (Wildman–Crippen MR) is 66.2 cm³/mol. The van der Waals surface area contributed by atoms with Gasteiger partial charge >= 0.3 is 6.18 Å². The highest BCUT2D eigenvalue weighted by Gasteiger charge is 2.30. The number of hydrogen-bond acceptors (Lipinski definition) is 2. The Hall–Kier alpha value is -0.750. The molecule has 0 bridgehead atoms. The summed E-state index contributed by atoms with van der Waals surface area (Å²) in [4.78, 5) is 0. The highest BCUT2D eigenvalue weighted by Crippen LogP contribution is 2.33. The zero-order valence-corrected chi connectivity index (χ0v) is 11.0. The van der Waals surface area contributed by atoms with E-state index >= 15 is 0 Å². The fourth-order valence-electron chi connectivity index (χ4n) is 1.30. The lowest BCUT2D eigenvalue weighted by atomic mass is 10.2. The normalized spacial score (nSPS) is 11.6. The number of hydrogen-bond donors (Lipinski definition) is 2. The van der Waals surface area contributed by atoms with E-state index in [-0.39, 0.29) is 0 Å². The number of nitrogens with one attached hydrogen (secondary N) is 2. The van der Waals surface area contributed by atoms with Gasteiger partial charge in [0.1, 0.15) is 0 Å². The van der Waals surface area contributed by atoms with Crippen LogP contribution < -0.4 is 10.6 Å². The van der Waals surface area contributed by atoms with Crippen LogP contribution in [0.1, 0.15) is 12.5 Å². The van der Waals surface area contributed by atoms with Crippen LogP contribution in [0.5, 0.6) is 0 Å². The smallest absolute Gasteiger partial charge is 0.383 e. The molecule has 0 amide bonds. The number of alkyl halides is 3. The lowest BCUT2D eigenvalue weighted by molar-refractivity contribution is -0.137. The topological polar surface area (TPSA) is 24.1 Å². The van der Waals surface area contributed by atoms with Gasteiger partial charge in [0.2, 0.25) is 0 Å². The van der Waals surface area contributed by atoms with Gasteiger partial charge in [0.05, 0.1) is 5.56 Å². The van der Waals surface area contributed by atoms with Crippen molar-refractivity contribution in [3.8, 4) is 0 Å². The second-order valence-electron chi connectivity index (χ2n) is 3.47. The van der Waals surface area contributed by atoms with Gasteiger partial charge in [-0.05, 0) is 40.7 Å². The van der Waals surface area contributed by atoms with Crippen LogP contribution in [-0.4, -0.2) is 19.6 Å².